The van der Waals surface area contributed by atoms with E-state index in [0.29, 0.717) is 6.54 Å². The molecule has 3 aromatic rings. The van der Waals surface area contributed by atoms with Gasteiger partial charge >= 0.3 is 0 Å². The van der Waals surface area contributed by atoms with E-state index in [0.717, 1.165) is 11.2 Å². The number of thiophene rings is 1. The summed E-state index contributed by atoms with van der Waals surface area (Å²) in [7, 11) is 0. The summed E-state index contributed by atoms with van der Waals surface area (Å²) in [5, 5.41) is 3.34. The highest BCUT2D eigenvalue weighted by Crippen LogP contribution is 2.27. The number of hydrogen-bond donors (Lipinski definition) is 1. The Kier molecular flexibility index (Phi) is 2.86. The van der Waals surface area contributed by atoms with Gasteiger partial charge in [-0.15, -0.1) is 11.3 Å². The summed E-state index contributed by atoms with van der Waals surface area (Å²) in [6.45, 7) is 2.62. The van der Waals surface area contributed by atoms with E-state index in [1.807, 2.05) is 13.0 Å². The van der Waals surface area contributed by atoms with Crippen LogP contribution in [0.25, 0.3) is 22.0 Å². The van der Waals surface area contributed by atoms with Crippen LogP contribution in [0.15, 0.2) is 41.8 Å². The summed E-state index contributed by atoms with van der Waals surface area (Å²) in [5.74, 6) is 0. The van der Waals surface area contributed by atoms with E-state index >= 15 is 0 Å². The average Bonchev–Trinajstić information content (AvgIpc) is 2.87. The Morgan fingerprint density at radius 2 is 2.00 bits per heavy atom. The van der Waals surface area contributed by atoms with Gasteiger partial charge in [-0.25, -0.2) is 0 Å². The number of fused-ring (bicyclic) bond motifs is 1. The highest BCUT2D eigenvalue weighted by molar-refractivity contribution is 7.10. The average molecular weight is 254 g/mol. The number of benzene rings is 1. The van der Waals surface area contributed by atoms with Crippen LogP contribution in [0.1, 0.15) is 10.6 Å². The lowest BCUT2D eigenvalue weighted by atomic mass is 10.1. The molecule has 2 heterocycles. The molecule has 3 heteroatoms. The zero-order valence-electron chi connectivity index (χ0n) is 10.2. The van der Waals surface area contributed by atoms with E-state index in [-0.39, 0.29) is 0 Å². The maximum Gasteiger partial charge on any atom is 0.0705 e. The Balaban J connectivity index is 2.10. The molecule has 0 unspecified atom stereocenters. The second-order valence-electron chi connectivity index (χ2n) is 4.37. The number of hydrogen-bond acceptors (Lipinski definition) is 3. The molecule has 0 bridgehead atoms. The first-order chi connectivity index (χ1) is 8.76. The molecule has 0 aliphatic rings. The van der Waals surface area contributed by atoms with E-state index in [2.05, 4.69) is 40.7 Å². The molecule has 1 aromatic carbocycles. The van der Waals surface area contributed by atoms with Crippen LogP contribution in [0.5, 0.6) is 0 Å². The second-order valence-corrected chi connectivity index (χ2v) is 5.36. The van der Waals surface area contributed by atoms with Gasteiger partial charge in [0.15, 0.2) is 0 Å². The second kappa shape index (κ2) is 4.52. The van der Waals surface area contributed by atoms with Crippen molar-refractivity contribution in [1.29, 1.82) is 0 Å². The third kappa shape index (κ3) is 2.03. The van der Waals surface area contributed by atoms with Gasteiger partial charge in [0.05, 0.1) is 5.52 Å². The number of nitrogens with zero attached hydrogens (tertiary/aromatic N) is 1. The fourth-order valence-corrected chi connectivity index (χ4v) is 2.82. The summed E-state index contributed by atoms with van der Waals surface area (Å²) in [6.07, 6.45) is 0. The monoisotopic (exact) mass is 254 g/mol. The van der Waals surface area contributed by atoms with Crippen molar-refractivity contribution in [2.75, 3.05) is 0 Å². The van der Waals surface area contributed by atoms with Crippen molar-refractivity contribution < 1.29 is 0 Å². The number of aromatic nitrogens is 1. The number of nitrogens with two attached hydrogens (primary N) is 1. The van der Waals surface area contributed by atoms with Crippen LogP contribution in [-0.2, 0) is 6.54 Å². The molecule has 2 aromatic heterocycles. The molecular formula is C15H14N2S. The number of rotatable bonds is 2. The lowest BCUT2D eigenvalue weighted by molar-refractivity contribution is 1.11. The van der Waals surface area contributed by atoms with Gasteiger partial charge in [0, 0.05) is 22.5 Å². The van der Waals surface area contributed by atoms with Gasteiger partial charge in [0.2, 0.25) is 0 Å². The molecule has 0 aliphatic heterocycles. The molecular weight excluding hydrogens is 240 g/mol. The van der Waals surface area contributed by atoms with Crippen LogP contribution in [0, 0.1) is 6.92 Å². The van der Waals surface area contributed by atoms with Gasteiger partial charge < -0.3 is 5.73 Å². The third-order valence-corrected chi connectivity index (χ3v) is 3.98. The molecule has 2 N–H and O–H groups in total. The first-order valence-corrected chi connectivity index (χ1v) is 6.79. The molecule has 0 aliphatic carbocycles. The largest absolute Gasteiger partial charge is 0.326 e. The van der Waals surface area contributed by atoms with Gasteiger partial charge in [-0.3, -0.25) is 4.98 Å². The zero-order chi connectivity index (χ0) is 12.5. The van der Waals surface area contributed by atoms with Gasteiger partial charge in [-0.1, -0.05) is 12.1 Å². The van der Waals surface area contributed by atoms with Crippen molar-refractivity contribution in [2.45, 2.75) is 13.5 Å². The number of aryl methyl sites for hydroxylation is 1. The van der Waals surface area contributed by atoms with Crippen molar-refractivity contribution >= 4 is 22.2 Å². The standard InChI is InChI=1S/C15H14N2S/c1-10-2-3-12-6-11(4-5-15(12)17-10)13-7-14(8-16)18-9-13/h2-7,9H,8,16H2,1H3. The van der Waals surface area contributed by atoms with Crippen molar-refractivity contribution in [3.8, 4) is 11.1 Å². The van der Waals surface area contributed by atoms with E-state index in [1.165, 1.54) is 21.4 Å². The van der Waals surface area contributed by atoms with Crippen LogP contribution < -0.4 is 5.73 Å². The maximum absolute atomic E-state index is 5.65. The quantitative estimate of drug-likeness (QED) is 0.756. The highest BCUT2D eigenvalue weighted by atomic mass is 32.1. The summed E-state index contributed by atoms with van der Waals surface area (Å²) >= 11 is 1.71. The summed E-state index contributed by atoms with van der Waals surface area (Å²) in [5.41, 5.74) is 10.2. The van der Waals surface area contributed by atoms with Crippen LogP contribution in [0.3, 0.4) is 0 Å². The Hall–Kier alpha value is -1.71. The molecule has 0 atom stereocenters. The maximum atomic E-state index is 5.65. The van der Waals surface area contributed by atoms with Gasteiger partial charge in [0.1, 0.15) is 0 Å². The van der Waals surface area contributed by atoms with Crippen LogP contribution in [-0.4, -0.2) is 4.98 Å². The number of pyridine rings is 1. The summed E-state index contributed by atoms with van der Waals surface area (Å²) in [6, 6.07) is 12.7. The molecule has 0 fully saturated rings. The fraction of sp³-hybridized carbons (Fsp3) is 0.133. The molecule has 0 amide bonds. The van der Waals surface area contributed by atoms with E-state index in [4.69, 9.17) is 5.73 Å². The summed E-state index contributed by atoms with van der Waals surface area (Å²) < 4.78 is 0. The molecule has 3 rings (SSSR count). The van der Waals surface area contributed by atoms with E-state index < -0.39 is 0 Å². The Morgan fingerprint density at radius 1 is 1.11 bits per heavy atom. The molecule has 18 heavy (non-hydrogen) atoms. The third-order valence-electron chi connectivity index (χ3n) is 3.02. The van der Waals surface area contributed by atoms with Crippen molar-refractivity contribution in [3.05, 3.63) is 52.3 Å². The SMILES string of the molecule is Cc1ccc2cc(-c3csc(CN)c3)ccc2n1. The molecule has 90 valence electrons. The lowest BCUT2D eigenvalue weighted by Gasteiger charge is -2.02. The van der Waals surface area contributed by atoms with Gasteiger partial charge in [-0.05, 0) is 47.7 Å². The topological polar surface area (TPSA) is 38.9 Å². The molecule has 2 nitrogen and oxygen atoms in total. The molecule has 0 saturated carbocycles. The molecule has 0 saturated heterocycles. The Morgan fingerprint density at radius 3 is 2.78 bits per heavy atom. The van der Waals surface area contributed by atoms with Crippen molar-refractivity contribution in [2.24, 2.45) is 5.73 Å². The minimum Gasteiger partial charge on any atom is -0.326 e. The zero-order valence-corrected chi connectivity index (χ0v) is 11.0. The van der Waals surface area contributed by atoms with E-state index in [9.17, 15) is 0 Å². The first kappa shape index (κ1) is 11.4. The smallest absolute Gasteiger partial charge is 0.0705 e. The highest BCUT2D eigenvalue weighted by Gasteiger charge is 2.03. The van der Waals surface area contributed by atoms with Crippen molar-refractivity contribution in [1.82, 2.24) is 4.98 Å². The van der Waals surface area contributed by atoms with Crippen LogP contribution >= 0.6 is 11.3 Å². The predicted molar refractivity (Wildman–Crippen MR) is 77.7 cm³/mol. The fourth-order valence-electron chi connectivity index (χ4n) is 2.05. The normalized spacial score (nSPS) is 11.0. The summed E-state index contributed by atoms with van der Waals surface area (Å²) in [4.78, 5) is 5.73. The Labute approximate surface area is 110 Å². The van der Waals surface area contributed by atoms with E-state index in [1.54, 1.807) is 11.3 Å². The van der Waals surface area contributed by atoms with Gasteiger partial charge in [-0.2, -0.15) is 0 Å². The minimum atomic E-state index is 0.610. The van der Waals surface area contributed by atoms with Crippen molar-refractivity contribution in [3.63, 3.8) is 0 Å². The van der Waals surface area contributed by atoms with Crippen LogP contribution in [0.4, 0.5) is 0 Å². The molecule has 0 spiro atoms. The minimum absolute atomic E-state index is 0.610. The lowest BCUT2D eigenvalue weighted by Crippen LogP contribution is -1.91. The first-order valence-electron chi connectivity index (χ1n) is 5.91. The van der Waals surface area contributed by atoms with Gasteiger partial charge in [0.25, 0.3) is 0 Å². The predicted octanol–water partition coefficient (Wildman–Crippen LogP) is 3.73. The molecule has 0 radical (unpaired) electrons. The van der Waals surface area contributed by atoms with Crippen LogP contribution in [0.2, 0.25) is 0 Å². The Bertz CT molecular complexity index is 701.